The third-order valence-electron chi connectivity index (χ3n) is 8.04. The molecule has 4 amide bonds. The average molecular weight is 603 g/mol. The summed E-state index contributed by atoms with van der Waals surface area (Å²) in [6.45, 7) is 2.36. The number of hydrogen-bond donors (Lipinski definition) is 2. The SMILES string of the molecule is CCN1C(=O)NC(c2cccc(Oc3ccccc3)c2)C2=C1CN(C(Cc1ccccc1)C(=O)Nc1ccc(OC)cc1)C2=O. The molecular formula is C36H34N4O5. The van der Waals surface area contributed by atoms with Gasteiger partial charge in [-0.05, 0) is 66.6 Å². The van der Waals surface area contributed by atoms with Gasteiger partial charge in [-0.25, -0.2) is 4.79 Å². The van der Waals surface area contributed by atoms with Crippen LogP contribution in [0.3, 0.4) is 0 Å². The number of urea groups is 1. The second kappa shape index (κ2) is 13.0. The Morgan fingerprint density at radius 1 is 0.889 bits per heavy atom. The minimum Gasteiger partial charge on any atom is -0.497 e. The number of likely N-dealkylation sites (N-methyl/N-ethyl adjacent to an activating group) is 1. The van der Waals surface area contributed by atoms with E-state index in [9.17, 15) is 14.4 Å². The highest BCUT2D eigenvalue weighted by Crippen LogP contribution is 2.38. The van der Waals surface area contributed by atoms with Gasteiger partial charge in [-0.1, -0.05) is 60.7 Å². The molecule has 2 aliphatic rings. The Kier molecular flexibility index (Phi) is 8.50. The first-order valence-corrected chi connectivity index (χ1v) is 14.9. The minimum atomic E-state index is -0.838. The highest BCUT2D eigenvalue weighted by molar-refractivity contribution is 6.05. The molecular weight excluding hydrogens is 568 g/mol. The fourth-order valence-electron chi connectivity index (χ4n) is 5.81. The van der Waals surface area contributed by atoms with Crippen LogP contribution in [0.4, 0.5) is 10.5 Å². The normalized spacial score (nSPS) is 16.6. The van der Waals surface area contributed by atoms with Gasteiger partial charge in [-0.15, -0.1) is 0 Å². The van der Waals surface area contributed by atoms with Gasteiger partial charge in [0, 0.05) is 18.7 Å². The number of amides is 4. The number of ether oxygens (including phenoxy) is 2. The van der Waals surface area contributed by atoms with E-state index in [0.29, 0.717) is 52.7 Å². The Morgan fingerprint density at radius 3 is 2.27 bits per heavy atom. The number of carbonyl (C=O) groups excluding carboxylic acids is 3. The molecule has 9 heteroatoms. The van der Waals surface area contributed by atoms with Crippen molar-refractivity contribution in [3.8, 4) is 17.2 Å². The van der Waals surface area contributed by atoms with E-state index in [1.54, 1.807) is 41.2 Å². The van der Waals surface area contributed by atoms with Gasteiger partial charge >= 0.3 is 6.03 Å². The second-order valence-corrected chi connectivity index (χ2v) is 10.8. The Morgan fingerprint density at radius 2 is 1.58 bits per heavy atom. The largest absolute Gasteiger partial charge is 0.497 e. The van der Waals surface area contributed by atoms with E-state index in [-0.39, 0.29) is 24.4 Å². The number of hydrogen-bond acceptors (Lipinski definition) is 5. The van der Waals surface area contributed by atoms with Crippen LogP contribution >= 0.6 is 0 Å². The highest BCUT2D eigenvalue weighted by Gasteiger charge is 2.47. The number of carbonyl (C=O) groups is 3. The van der Waals surface area contributed by atoms with Crippen molar-refractivity contribution in [1.29, 1.82) is 0 Å². The Bertz CT molecular complexity index is 1720. The van der Waals surface area contributed by atoms with Crippen LogP contribution in [0.25, 0.3) is 0 Å². The molecule has 0 fully saturated rings. The van der Waals surface area contributed by atoms with Gasteiger partial charge in [-0.3, -0.25) is 14.5 Å². The molecule has 9 nitrogen and oxygen atoms in total. The molecule has 228 valence electrons. The van der Waals surface area contributed by atoms with Crippen molar-refractivity contribution in [1.82, 2.24) is 15.1 Å². The maximum Gasteiger partial charge on any atom is 0.322 e. The molecule has 6 rings (SSSR count). The third-order valence-corrected chi connectivity index (χ3v) is 8.04. The molecule has 2 atom stereocenters. The van der Waals surface area contributed by atoms with Crippen LogP contribution in [0.2, 0.25) is 0 Å². The topological polar surface area (TPSA) is 100 Å². The van der Waals surface area contributed by atoms with E-state index in [1.165, 1.54) is 0 Å². The van der Waals surface area contributed by atoms with Crippen LogP contribution < -0.4 is 20.1 Å². The summed E-state index contributed by atoms with van der Waals surface area (Å²) in [5, 5.41) is 6.01. The monoisotopic (exact) mass is 602 g/mol. The lowest BCUT2D eigenvalue weighted by atomic mass is 9.95. The van der Waals surface area contributed by atoms with E-state index in [2.05, 4.69) is 10.6 Å². The van der Waals surface area contributed by atoms with Crippen LogP contribution in [0.15, 0.2) is 120 Å². The van der Waals surface area contributed by atoms with Gasteiger partial charge in [-0.2, -0.15) is 0 Å². The smallest absolute Gasteiger partial charge is 0.322 e. The number of benzene rings is 4. The molecule has 0 aliphatic carbocycles. The van der Waals surface area contributed by atoms with Crippen LogP contribution in [-0.4, -0.2) is 53.9 Å². The zero-order valence-electron chi connectivity index (χ0n) is 25.1. The molecule has 0 radical (unpaired) electrons. The molecule has 0 aromatic heterocycles. The lowest BCUT2D eigenvalue weighted by Crippen LogP contribution is -2.47. The molecule has 2 heterocycles. The molecule has 2 aliphatic heterocycles. The standard InChI is InChI=1S/C36H34N4O5/c1-3-39-31-23-40(30(21-24-11-6-4-7-12-24)34(41)37-26-17-19-27(44-2)20-18-26)35(42)32(31)33(38-36(39)43)25-13-10-16-29(22-25)45-28-14-8-5-9-15-28/h4-20,22,30,33H,3,21,23H2,1-2H3,(H,37,41)(H,38,43). The summed E-state index contributed by atoms with van der Waals surface area (Å²) in [7, 11) is 1.58. The van der Waals surface area contributed by atoms with Gasteiger partial charge < -0.3 is 25.0 Å². The molecule has 0 spiro atoms. The second-order valence-electron chi connectivity index (χ2n) is 10.8. The number of para-hydroxylation sites is 1. The maximum atomic E-state index is 14.4. The molecule has 0 saturated carbocycles. The quantitative estimate of drug-likeness (QED) is 0.235. The van der Waals surface area contributed by atoms with E-state index < -0.39 is 12.1 Å². The summed E-state index contributed by atoms with van der Waals surface area (Å²) in [5.41, 5.74) is 3.25. The van der Waals surface area contributed by atoms with Crippen molar-refractivity contribution < 1.29 is 23.9 Å². The Labute approximate surface area is 262 Å². The Hall–Kier alpha value is -5.57. The van der Waals surface area contributed by atoms with E-state index in [0.717, 1.165) is 5.56 Å². The molecule has 2 unspecified atom stereocenters. The summed E-state index contributed by atoms with van der Waals surface area (Å²) >= 11 is 0. The van der Waals surface area contributed by atoms with Crippen LogP contribution in [0.5, 0.6) is 17.2 Å². The van der Waals surface area contributed by atoms with Crippen molar-refractivity contribution in [2.75, 3.05) is 25.5 Å². The summed E-state index contributed by atoms with van der Waals surface area (Å²) in [6, 6.07) is 31.6. The van der Waals surface area contributed by atoms with E-state index in [1.807, 2.05) is 91.9 Å². The van der Waals surface area contributed by atoms with Gasteiger partial charge in [0.2, 0.25) is 5.91 Å². The van der Waals surface area contributed by atoms with Crippen LogP contribution in [0.1, 0.15) is 24.1 Å². The summed E-state index contributed by atoms with van der Waals surface area (Å²) in [4.78, 5) is 44.8. The molecule has 0 bridgehead atoms. The molecule has 4 aromatic rings. The first-order chi connectivity index (χ1) is 21.9. The van der Waals surface area contributed by atoms with Crippen LogP contribution in [0, 0.1) is 0 Å². The maximum absolute atomic E-state index is 14.4. The summed E-state index contributed by atoms with van der Waals surface area (Å²) < 4.78 is 11.3. The van der Waals surface area contributed by atoms with Crippen LogP contribution in [-0.2, 0) is 16.0 Å². The van der Waals surface area contributed by atoms with Gasteiger partial charge in [0.05, 0.1) is 31.0 Å². The highest BCUT2D eigenvalue weighted by atomic mass is 16.5. The number of anilines is 1. The Balaban J connectivity index is 1.33. The molecule has 2 N–H and O–H groups in total. The van der Waals surface area contributed by atoms with Gasteiger partial charge in [0.15, 0.2) is 0 Å². The van der Waals surface area contributed by atoms with Crippen molar-refractivity contribution >= 4 is 23.5 Å². The first kappa shape index (κ1) is 29.5. The zero-order chi connectivity index (χ0) is 31.3. The lowest BCUT2D eigenvalue weighted by Gasteiger charge is -2.33. The molecule has 0 saturated heterocycles. The minimum absolute atomic E-state index is 0.125. The van der Waals surface area contributed by atoms with Crippen molar-refractivity contribution in [3.63, 3.8) is 0 Å². The van der Waals surface area contributed by atoms with Gasteiger partial charge in [0.25, 0.3) is 5.91 Å². The number of nitrogens with zero attached hydrogens (tertiary/aromatic N) is 2. The fraction of sp³-hybridized carbons (Fsp3) is 0.194. The summed E-state index contributed by atoms with van der Waals surface area (Å²) in [5.74, 6) is 1.30. The fourth-order valence-corrected chi connectivity index (χ4v) is 5.81. The average Bonchev–Trinajstić information content (AvgIpc) is 3.40. The predicted molar refractivity (Wildman–Crippen MR) is 171 cm³/mol. The van der Waals surface area contributed by atoms with Crippen molar-refractivity contribution in [3.05, 3.63) is 132 Å². The van der Waals surface area contributed by atoms with E-state index in [4.69, 9.17) is 9.47 Å². The van der Waals surface area contributed by atoms with Crippen molar-refractivity contribution in [2.45, 2.75) is 25.4 Å². The molecule has 4 aromatic carbocycles. The van der Waals surface area contributed by atoms with Gasteiger partial charge in [0.1, 0.15) is 23.3 Å². The third kappa shape index (κ3) is 6.24. The zero-order valence-corrected chi connectivity index (χ0v) is 25.1. The molecule has 45 heavy (non-hydrogen) atoms. The lowest BCUT2D eigenvalue weighted by molar-refractivity contribution is -0.134. The number of methoxy groups -OCH3 is 1. The first-order valence-electron chi connectivity index (χ1n) is 14.9. The number of rotatable bonds is 10. The van der Waals surface area contributed by atoms with E-state index >= 15 is 0 Å². The summed E-state index contributed by atoms with van der Waals surface area (Å²) in [6.07, 6.45) is 0.299. The number of nitrogens with one attached hydrogen (secondary N) is 2. The van der Waals surface area contributed by atoms with Crippen molar-refractivity contribution in [2.24, 2.45) is 0 Å². The predicted octanol–water partition coefficient (Wildman–Crippen LogP) is 5.92.